The first-order chi connectivity index (χ1) is 25.6. The van der Waals surface area contributed by atoms with Crippen LogP contribution in [0.4, 0.5) is 0 Å². The molecular weight excluding hydrogens is 665 g/mol. The summed E-state index contributed by atoms with van der Waals surface area (Å²) in [5, 5.41) is 28.6. The Morgan fingerprint density at radius 1 is 0.830 bits per heavy atom. The third-order valence-corrected chi connectivity index (χ3v) is 13.1. The van der Waals surface area contributed by atoms with E-state index in [0.29, 0.717) is 30.7 Å². The van der Waals surface area contributed by atoms with Crippen molar-refractivity contribution in [3.05, 3.63) is 77.1 Å². The molecule has 4 heterocycles. The second-order valence-electron chi connectivity index (χ2n) is 16.2. The summed E-state index contributed by atoms with van der Waals surface area (Å²) in [4.78, 5) is 37.3. The monoisotopic (exact) mass is 724 g/mol. The molecule has 2 aliphatic carbocycles. The van der Waals surface area contributed by atoms with E-state index in [1.54, 1.807) is 0 Å². The highest BCUT2D eigenvalue weighted by Gasteiger charge is 2.49. The minimum atomic E-state index is -0.0763. The number of hydrogen-bond donors (Lipinski definition) is 5. The number of rotatable bonds is 10. The van der Waals surface area contributed by atoms with Crippen molar-refractivity contribution in [1.82, 2.24) is 19.8 Å². The van der Waals surface area contributed by atoms with Gasteiger partial charge in [0.1, 0.15) is 11.6 Å². The Morgan fingerprint density at radius 3 is 2.08 bits per heavy atom. The van der Waals surface area contributed by atoms with Crippen molar-refractivity contribution in [2.45, 2.75) is 83.2 Å². The summed E-state index contributed by atoms with van der Waals surface area (Å²) in [6.07, 6.45) is 12.1. The lowest BCUT2D eigenvalue weighted by Crippen LogP contribution is -2.58. The van der Waals surface area contributed by atoms with Gasteiger partial charge in [0, 0.05) is 110 Å². The smallest absolute Gasteiger partial charge is 0.141 e. The van der Waals surface area contributed by atoms with Gasteiger partial charge in [0.15, 0.2) is 0 Å². The van der Waals surface area contributed by atoms with E-state index in [-0.39, 0.29) is 48.1 Å². The zero-order valence-electron chi connectivity index (χ0n) is 32.5. The third-order valence-electron chi connectivity index (χ3n) is 13.1. The van der Waals surface area contributed by atoms with E-state index < -0.39 is 0 Å². The van der Waals surface area contributed by atoms with Crippen LogP contribution >= 0.6 is 0 Å². The molecule has 4 aromatic rings. The van der Waals surface area contributed by atoms with Crippen molar-refractivity contribution in [3.8, 4) is 0 Å². The maximum Gasteiger partial charge on any atom is 0.141 e. The van der Waals surface area contributed by atoms with Crippen molar-refractivity contribution in [1.29, 1.82) is 0 Å². The molecule has 2 aromatic carbocycles. The first kappa shape index (κ1) is 39.1. The first-order valence-electron chi connectivity index (χ1n) is 19.6. The molecule has 0 spiro atoms. The van der Waals surface area contributed by atoms with Crippen LogP contribution in [0, 0.1) is 23.7 Å². The van der Waals surface area contributed by atoms with Crippen LogP contribution in [0.5, 0.6) is 0 Å². The number of aromatic amines is 2. The Hall–Kier alpha value is -3.60. The SMILES string of the molecule is CCC(CO)CC(=O)C1C=C2c3cccc4[nH]cc(c34)C[C@H]2N(C)C1.CCC(CO)CC(=O)C1CN(C)[C@@H]2Cc3c[nH]c4cccc(c34)[C@@]2(C)C1.CO. The Kier molecular flexibility index (Phi) is 12.1. The van der Waals surface area contributed by atoms with E-state index in [9.17, 15) is 19.8 Å². The number of nitrogens with zero attached hydrogens (tertiary/aromatic N) is 2. The van der Waals surface area contributed by atoms with E-state index in [2.05, 4.69) is 95.7 Å². The highest BCUT2D eigenvalue weighted by atomic mass is 16.3. The minimum Gasteiger partial charge on any atom is -0.400 e. The van der Waals surface area contributed by atoms with Gasteiger partial charge in [-0.3, -0.25) is 14.5 Å². The number of carbonyl (C=O) groups excluding carboxylic acids is 2. The number of likely N-dealkylation sites (tertiary alicyclic amines) is 1. The number of aromatic nitrogens is 2. The van der Waals surface area contributed by atoms with Crippen LogP contribution in [0.2, 0.25) is 0 Å². The average Bonchev–Trinajstić information content (AvgIpc) is 3.80. The lowest BCUT2D eigenvalue weighted by Gasteiger charge is -2.52. The van der Waals surface area contributed by atoms with Crippen LogP contribution in [0.1, 0.15) is 75.1 Å². The molecule has 8 rings (SSSR count). The molecular formula is C44H60N4O5. The summed E-state index contributed by atoms with van der Waals surface area (Å²) in [7, 11) is 5.29. The van der Waals surface area contributed by atoms with E-state index >= 15 is 0 Å². The zero-order valence-corrected chi connectivity index (χ0v) is 32.5. The highest BCUT2D eigenvalue weighted by Crippen LogP contribution is 2.49. The van der Waals surface area contributed by atoms with Crippen LogP contribution < -0.4 is 0 Å². The topological polar surface area (TPSA) is 133 Å². The Balaban J connectivity index is 0.000000173. The van der Waals surface area contributed by atoms with E-state index in [1.165, 1.54) is 49.6 Å². The quantitative estimate of drug-likeness (QED) is 0.138. The maximum absolute atomic E-state index is 13.0. The molecule has 53 heavy (non-hydrogen) atoms. The summed E-state index contributed by atoms with van der Waals surface area (Å²) in [5.74, 6) is 0.741. The number of fused-ring (bicyclic) bond motifs is 4. The number of likely N-dealkylation sites (N-methyl/N-ethyl adjacent to an activating group) is 2. The molecule has 9 nitrogen and oxygen atoms in total. The number of benzene rings is 2. The van der Waals surface area contributed by atoms with Gasteiger partial charge in [0.05, 0.1) is 0 Å². The van der Waals surface area contributed by atoms with Crippen molar-refractivity contribution in [2.24, 2.45) is 23.7 Å². The number of aliphatic hydroxyl groups is 3. The fourth-order valence-corrected chi connectivity index (χ4v) is 9.87. The van der Waals surface area contributed by atoms with E-state index in [1.807, 2.05) is 13.8 Å². The van der Waals surface area contributed by atoms with Gasteiger partial charge in [-0.25, -0.2) is 0 Å². The molecule has 1 fully saturated rings. The molecule has 5 N–H and O–H groups in total. The van der Waals surface area contributed by atoms with Gasteiger partial charge >= 0.3 is 0 Å². The van der Waals surface area contributed by atoms with Crippen LogP contribution in [0.25, 0.3) is 27.4 Å². The van der Waals surface area contributed by atoms with Crippen LogP contribution in [0.15, 0.2) is 54.9 Å². The summed E-state index contributed by atoms with van der Waals surface area (Å²) in [5.41, 5.74) is 9.10. The van der Waals surface area contributed by atoms with Gasteiger partial charge in [0.2, 0.25) is 0 Å². The third kappa shape index (κ3) is 7.31. The number of nitrogens with one attached hydrogen (secondary N) is 2. The van der Waals surface area contributed by atoms with E-state index in [0.717, 1.165) is 52.3 Å². The number of piperidine rings is 1. The number of carbonyl (C=O) groups is 2. The standard InChI is InChI=1S/C22H30N2O2.C21H26N2O2.CH4O/c1-4-14(13-25)8-19(26)16-10-22(2)17-6-5-7-18-21(17)15(11-23-18)9-20(22)24(3)12-16;1-3-13(12-24)7-20(25)15-8-17-16-5-4-6-18-21(16)14(10-22-18)9-19(17)23(2)11-15;1-2/h5-7,11,14,16,20,23,25H,4,8-10,12-13H2,1-3H3;4-6,8,10,13,15,19,22,24H,3,7,9,11-12H2,1-2H3;2H,1H3/t14?,16?,20-,22-;13?,15?,19-;/m11./s1. The Morgan fingerprint density at radius 2 is 1.43 bits per heavy atom. The fourth-order valence-electron chi connectivity index (χ4n) is 9.87. The van der Waals surface area contributed by atoms with Crippen LogP contribution in [-0.2, 0) is 27.8 Å². The van der Waals surface area contributed by atoms with Crippen molar-refractivity contribution in [2.75, 3.05) is 47.5 Å². The summed E-state index contributed by atoms with van der Waals surface area (Å²) >= 11 is 0. The molecule has 7 atom stereocenters. The predicted octanol–water partition coefficient (Wildman–Crippen LogP) is 5.90. The van der Waals surface area contributed by atoms with Gasteiger partial charge in [-0.1, -0.05) is 64.0 Å². The molecule has 0 saturated carbocycles. The van der Waals surface area contributed by atoms with Crippen molar-refractivity contribution in [3.63, 3.8) is 0 Å². The molecule has 286 valence electrons. The summed E-state index contributed by atoms with van der Waals surface area (Å²) in [6, 6.07) is 13.7. The van der Waals surface area contributed by atoms with E-state index in [4.69, 9.17) is 5.11 Å². The number of Topliss-reactive ketones (excluding diaryl/α,β-unsaturated/α-hetero) is 2. The largest absolute Gasteiger partial charge is 0.400 e. The number of hydrogen-bond acceptors (Lipinski definition) is 7. The second kappa shape index (κ2) is 16.4. The molecule has 0 bridgehead atoms. The lowest BCUT2D eigenvalue weighted by molar-refractivity contribution is -0.128. The molecule has 0 amide bonds. The number of aliphatic hydroxyl groups excluding tert-OH is 3. The normalized spacial score (nSPS) is 25.9. The average molecular weight is 725 g/mol. The molecule has 2 aliphatic heterocycles. The summed E-state index contributed by atoms with van der Waals surface area (Å²) < 4.78 is 0. The number of ketones is 2. The van der Waals surface area contributed by atoms with Gasteiger partial charge in [-0.15, -0.1) is 0 Å². The Labute approximate surface area is 314 Å². The van der Waals surface area contributed by atoms with Gasteiger partial charge < -0.3 is 30.2 Å². The predicted molar refractivity (Wildman–Crippen MR) is 213 cm³/mol. The molecule has 1 saturated heterocycles. The number of H-pyrrole nitrogens is 2. The molecule has 4 unspecified atom stereocenters. The lowest BCUT2D eigenvalue weighted by atomic mass is 9.61. The molecule has 9 heteroatoms. The Bertz CT molecular complexity index is 1940. The summed E-state index contributed by atoms with van der Waals surface area (Å²) in [6.45, 7) is 8.23. The fraction of sp³-hybridized carbons (Fsp3) is 0.545. The maximum atomic E-state index is 13.0. The van der Waals surface area contributed by atoms with Gasteiger partial charge in [-0.2, -0.15) is 0 Å². The molecule has 2 aromatic heterocycles. The minimum absolute atomic E-state index is 0.0110. The first-order valence-corrected chi connectivity index (χ1v) is 19.6. The molecule has 4 aliphatic rings. The van der Waals surface area contributed by atoms with Crippen LogP contribution in [-0.4, -0.2) is 106 Å². The van der Waals surface area contributed by atoms with Crippen molar-refractivity contribution >= 4 is 38.9 Å². The second-order valence-corrected chi connectivity index (χ2v) is 16.2. The zero-order chi connectivity index (χ0) is 38.0. The van der Waals surface area contributed by atoms with Gasteiger partial charge in [0.25, 0.3) is 0 Å². The molecule has 0 radical (unpaired) electrons. The van der Waals surface area contributed by atoms with Crippen LogP contribution in [0.3, 0.4) is 0 Å². The van der Waals surface area contributed by atoms with Gasteiger partial charge in [-0.05, 0) is 85.2 Å². The van der Waals surface area contributed by atoms with Crippen molar-refractivity contribution < 1.29 is 24.9 Å². The highest BCUT2D eigenvalue weighted by molar-refractivity contribution is 5.99.